The monoisotopic (exact) mass is 269 g/mol. The van der Waals surface area contributed by atoms with E-state index in [0.29, 0.717) is 11.5 Å². The highest BCUT2D eigenvalue weighted by Crippen LogP contribution is 2.32. The Hall–Kier alpha value is -2.10. The summed E-state index contributed by atoms with van der Waals surface area (Å²) in [5.74, 6) is 0.611. The zero-order chi connectivity index (χ0) is 13.8. The molecular weight excluding hydrogens is 250 g/mol. The lowest BCUT2D eigenvalue weighted by Gasteiger charge is -2.29. The molecule has 2 aromatic rings. The van der Waals surface area contributed by atoms with Crippen molar-refractivity contribution in [2.24, 2.45) is 0 Å². The number of nitrogens with one attached hydrogen (secondary N) is 2. The van der Waals surface area contributed by atoms with Crippen LogP contribution in [0.5, 0.6) is 0 Å². The van der Waals surface area contributed by atoms with Crippen molar-refractivity contribution in [2.75, 3.05) is 0 Å². The van der Waals surface area contributed by atoms with Gasteiger partial charge in [0.1, 0.15) is 0 Å². The number of amides is 1. The van der Waals surface area contributed by atoms with Gasteiger partial charge in [0.25, 0.3) is 5.91 Å². The highest BCUT2D eigenvalue weighted by atomic mass is 16.1. The SMILES string of the molecule is O=C(NC1CCC(c2ccccc2)CC1)c1cn[nH]c1. The number of rotatable bonds is 3. The van der Waals surface area contributed by atoms with Gasteiger partial charge in [-0.1, -0.05) is 30.3 Å². The summed E-state index contributed by atoms with van der Waals surface area (Å²) in [4.78, 5) is 12.0. The molecule has 1 saturated carbocycles. The first-order valence-corrected chi connectivity index (χ1v) is 7.17. The third-order valence-corrected chi connectivity index (χ3v) is 4.09. The lowest BCUT2D eigenvalue weighted by molar-refractivity contribution is 0.0926. The van der Waals surface area contributed by atoms with Crippen molar-refractivity contribution >= 4 is 5.91 Å². The second kappa shape index (κ2) is 5.90. The largest absolute Gasteiger partial charge is 0.349 e. The summed E-state index contributed by atoms with van der Waals surface area (Å²) in [6.07, 6.45) is 7.56. The van der Waals surface area contributed by atoms with Crippen LogP contribution in [0.15, 0.2) is 42.7 Å². The highest BCUT2D eigenvalue weighted by Gasteiger charge is 2.23. The molecule has 2 N–H and O–H groups in total. The van der Waals surface area contributed by atoms with Crippen LogP contribution in [-0.4, -0.2) is 22.1 Å². The van der Waals surface area contributed by atoms with Gasteiger partial charge >= 0.3 is 0 Å². The molecule has 0 saturated heterocycles. The first-order valence-electron chi connectivity index (χ1n) is 7.17. The standard InChI is InChI=1S/C16H19N3O/c20-16(14-10-17-18-11-14)19-15-8-6-13(7-9-15)12-4-2-1-3-5-12/h1-5,10-11,13,15H,6-9H2,(H,17,18)(H,19,20). The molecule has 4 heteroatoms. The molecule has 1 fully saturated rings. The maximum atomic E-state index is 12.0. The van der Waals surface area contributed by atoms with Crippen LogP contribution in [0.3, 0.4) is 0 Å². The van der Waals surface area contributed by atoms with E-state index in [1.54, 1.807) is 12.4 Å². The summed E-state index contributed by atoms with van der Waals surface area (Å²) in [5.41, 5.74) is 2.03. The molecule has 1 aliphatic carbocycles. The summed E-state index contributed by atoms with van der Waals surface area (Å²) >= 11 is 0. The van der Waals surface area contributed by atoms with Crippen molar-refractivity contribution in [3.05, 3.63) is 53.9 Å². The molecule has 4 nitrogen and oxygen atoms in total. The number of carbonyl (C=O) groups excluding carboxylic acids is 1. The molecule has 0 aliphatic heterocycles. The molecule has 104 valence electrons. The first kappa shape index (κ1) is 12.9. The number of hydrogen-bond donors (Lipinski definition) is 2. The molecule has 0 bridgehead atoms. The van der Waals surface area contributed by atoms with E-state index in [2.05, 4.69) is 45.8 Å². The lowest BCUT2D eigenvalue weighted by atomic mass is 9.82. The number of aromatic amines is 1. The minimum absolute atomic E-state index is 0.0260. The van der Waals surface area contributed by atoms with Crippen LogP contribution in [-0.2, 0) is 0 Å². The zero-order valence-corrected chi connectivity index (χ0v) is 11.4. The Labute approximate surface area is 118 Å². The third kappa shape index (κ3) is 2.90. The Morgan fingerprint density at radius 3 is 2.55 bits per heavy atom. The van der Waals surface area contributed by atoms with Gasteiger partial charge in [-0.25, -0.2) is 0 Å². The van der Waals surface area contributed by atoms with Crippen LogP contribution in [0.2, 0.25) is 0 Å². The van der Waals surface area contributed by atoms with Crippen molar-refractivity contribution < 1.29 is 4.79 Å². The van der Waals surface area contributed by atoms with E-state index in [1.165, 1.54) is 5.56 Å². The van der Waals surface area contributed by atoms with Crippen molar-refractivity contribution in [3.63, 3.8) is 0 Å². The molecule has 1 heterocycles. The fraction of sp³-hybridized carbons (Fsp3) is 0.375. The number of aromatic nitrogens is 2. The molecule has 0 radical (unpaired) electrons. The van der Waals surface area contributed by atoms with Crippen molar-refractivity contribution in [2.45, 2.75) is 37.6 Å². The zero-order valence-electron chi connectivity index (χ0n) is 11.4. The van der Waals surface area contributed by atoms with Crippen LogP contribution < -0.4 is 5.32 Å². The highest BCUT2D eigenvalue weighted by molar-refractivity contribution is 5.93. The van der Waals surface area contributed by atoms with Crippen molar-refractivity contribution in [3.8, 4) is 0 Å². The summed E-state index contributed by atoms with van der Waals surface area (Å²) in [5, 5.41) is 9.56. The average molecular weight is 269 g/mol. The van der Waals surface area contributed by atoms with Gasteiger partial charge in [0, 0.05) is 12.2 Å². The quantitative estimate of drug-likeness (QED) is 0.900. The third-order valence-electron chi connectivity index (χ3n) is 4.09. The molecule has 1 aromatic heterocycles. The Balaban J connectivity index is 1.53. The summed E-state index contributed by atoms with van der Waals surface area (Å²) in [6, 6.07) is 11.0. The van der Waals surface area contributed by atoms with E-state index in [0.717, 1.165) is 25.7 Å². The number of benzene rings is 1. The smallest absolute Gasteiger partial charge is 0.254 e. The fourth-order valence-electron chi connectivity index (χ4n) is 2.94. The molecule has 1 amide bonds. The maximum absolute atomic E-state index is 12.0. The topological polar surface area (TPSA) is 57.8 Å². The van der Waals surface area contributed by atoms with Gasteiger partial charge in [-0.05, 0) is 37.2 Å². The average Bonchev–Trinajstić information content (AvgIpc) is 3.03. The minimum Gasteiger partial charge on any atom is -0.349 e. The Bertz CT molecular complexity index is 542. The predicted octanol–water partition coefficient (Wildman–Crippen LogP) is 2.87. The Kier molecular flexibility index (Phi) is 3.81. The second-order valence-corrected chi connectivity index (χ2v) is 5.42. The molecule has 0 unspecified atom stereocenters. The molecular formula is C16H19N3O. The minimum atomic E-state index is -0.0260. The van der Waals surface area contributed by atoms with Crippen LogP contribution in [0.25, 0.3) is 0 Å². The van der Waals surface area contributed by atoms with E-state index >= 15 is 0 Å². The van der Waals surface area contributed by atoms with E-state index in [1.807, 2.05) is 0 Å². The van der Waals surface area contributed by atoms with E-state index in [9.17, 15) is 4.79 Å². The van der Waals surface area contributed by atoms with Crippen LogP contribution in [0.1, 0.15) is 47.5 Å². The molecule has 3 rings (SSSR count). The van der Waals surface area contributed by atoms with Crippen molar-refractivity contribution in [1.29, 1.82) is 0 Å². The predicted molar refractivity (Wildman–Crippen MR) is 77.5 cm³/mol. The van der Waals surface area contributed by atoms with Gasteiger partial charge in [0.15, 0.2) is 0 Å². The van der Waals surface area contributed by atoms with Gasteiger partial charge in [-0.2, -0.15) is 5.10 Å². The lowest BCUT2D eigenvalue weighted by Crippen LogP contribution is -2.37. The van der Waals surface area contributed by atoms with Gasteiger partial charge < -0.3 is 5.32 Å². The number of H-pyrrole nitrogens is 1. The summed E-state index contributed by atoms with van der Waals surface area (Å²) in [7, 11) is 0. The van der Waals surface area contributed by atoms with Crippen LogP contribution in [0.4, 0.5) is 0 Å². The number of carbonyl (C=O) groups is 1. The molecule has 1 aromatic carbocycles. The number of nitrogens with zero attached hydrogens (tertiary/aromatic N) is 1. The molecule has 0 atom stereocenters. The van der Waals surface area contributed by atoms with E-state index in [4.69, 9.17) is 0 Å². The van der Waals surface area contributed by atoms with Gasteiger partial charge in [-0.15, -0.1) is 0 Å². The second-order valence-electron chi connectivity index (χ2n) is 5.42. The fourth-order valence-corrected chi connectivity index (χ4v) is 2.94. The van der Waals surface area contributed by atoms with E-state index < -0.39 is 0 Å². The van der Waals surface area contributed by atoms with Crippen LogP contribution in [0, 0.1) is 0 Å². The number of hydrogen-bond acceptors (Lipinski definition) is 2. The van der Waals surface area contributed by atoms with Gasteiger partial charge in [0.2, 0.25) is 0 Å². The first-order chi connectivity index (χ1) is 9.83. The molecule has 0 spiro atoms. The Morgan fingerprint density at radius 1 is 1.15 bits per heavy atom. The van der Waals surface area contributed by atoms with Crippen molar-refractivity contribution in [1.82, 2.24) is 15.5 Å². The maximum Gasteiger partial charge on any atom is 0.254 e. The van der Waals surface area contributed by atoms with Gasteiger partial charge in [-0.3, -0.25) is 9.89 Å². The van der Waals surface area contributed by atoms with Gasteiger partial charge in [0.05, 0.1) is 11.8 Å². The van der Waals surface area contributed by atoms with Crippen LogP contribution >= 0.6 is 0 Å². The summed E-state index contributed by atoms with van der Waals surface area (Å²) in [6.45, 7) is 0. The van der Waals surface area contributed by atoms with E-state index in [-0.39, 0.29) is 11.9 Å². The normalized spacial score (nSPS) is 22.4. The molecule has 1 aliphatic rings. The summed E-state index contributed by atoms with van der Waals surface area (Å²) < 4.78 is 0. The molecule has 20 heavy (non-hydrogen) atoms. The Morgan fingerprint density at radius 2 is 1.90 bits per heavy atom.